The summed E-state index contributed by atoms with van der Waals surface area (Å²) in [6.45, 7) is 4.50. The fourth-order valence-corrected chi connectivity index (χ4v) is 5.00. The van der Waals surface area contributed by atoms with Gasteiger partial charge in [0, 0.05) is 26.2 Å². The molecule has 4 rings (SSSR count). The van der Waals surface area contributed by atoms with Gasteiger partial charge < -0.3 is 19.7 Å². The molecule has 3 N–H and O–H groups in total. The predicted octanol–water partition coefficient (Wildman–Crippen LogP) is 0.350. The number of carbonyl (C=O) groups excluding carboxylic acids is 1. The molecule has 2 saturated heterocycles. The van der Waals surface area contributed by atoms with Crippen molar-refractivity contribution >= 4 is 33.6 Å². The van der Waals surface area contributed by atoms with Crippen LogP contribution in [0.2, 0.25) is 0 Å². The average Bonchev–Trinajstić information content (AvgIpc) is 3.47. The van der Waals surface area contributed by atoms with Crippen molar-refractivity contribution in [2.24, 2.45) is 5.14 Å². The summed E-state index contributed by atoms with van der Waals surface area (Å²) < 4.78 is 36.0. The summed E-state index contributed by atoms with van der Waals surface area (Å²) in [7, 11) is -3.73. The fourth-order valence-electron chi connectivity index (χ4n) is 3.72. The molecule has 1 aromatic carbocycles. The molecule has 180 valence electrons. The van der Waals surface area contributed by atoms with Crippen LogP contribution in [0.4, 0.5) is 5.95 Å². The molecule has 2 aliphatic heterocycles. The van der Waals surface area contributed by atoms with Crippen molar-refractivity contribution in [3.05, 3.63) is 29.8 Å². The van der Waals surface area contributed by atoms with Crippen molar-refractivity contribution in [3.63, 3.8) is 0 Å². The molecule has 0 radical (unpaired) electrons. The lowest BCUT2D eigenvalue weighted by Gasteiger charge is -2.28. The molecule has 2 aromatic rings. The summed E-state index contributed by atoms with van der Waals surface area (Å²) >= 11 is 1.33. The van der Waals surface area contributed by atoms with Crippen molar-refractivity contribution in [1.29, 1.82) is 0 Å². The third-order valence-corrected chi connectivity index (χ3v) is 7.37. The lowest BCUT2D eigenvalue weighted by atomic mass is 10.2. The molecule has 0 aliphatic carbocycles. The van der Waals surface area contributed by atoms with E-state index in [9.17, 15) is 13.2 Å². The number of benzene rings is 1. The van der Waals surface area contributed by atoms with Gasteiger partial charge in [0.05, 0.1) is 36.5 Å². The summed E-state index contributed by atoms with van der Waals surface area (Å²) in [5.74, 6) is 0.809. The van der Waals surface area contributed by atoms with Gasteiger partial charge in [-0.05, 0) is 30.5 Å². The smallest absolute Gasteiger partial charge is 0.238 e. The zero-order chi connectivity index (χ0) is 23.3. The molecule has 1 aromatic heterocycles. The van der Waals surface area contributed by atoms with E-state index >= 15 is 0 Å². The second-order valence-corrected chi connectivity index (χ2v) is 10.4. The first-order chi connectivity index (χ1) is 15.9. The van der Waals surface area contributed by atoms with Crippen LogP contribution in [0.3, 0.4) is 0 Å². The van der Waals surface area contributed by atoms with Crippen molar-refractivity contribution in [1.82, 2.24) is 20.1 Å². The van der Waals surface area contributed by atoms with E-state index in [0.29, 0.717) is 24.9 Å². The van der Waals surface area contributed by atoms with Crippen LogP contribution >= 0.6 is 11.8 Å². The van der Waals surface area contributed by atoms with Gasteiger partial charge in [0.25, 0.3) is 0 Å². The Bertz CT molecular complexity index is 1050. The molecule has 33 heavy (non-hydrogen) atoms. The molecule has 0 spiro atoms. The van der Waals surface area contributed by atoms with Crippen LogP contribution in [0.15, 0.2) is 34.3 Å². The molecule has 13 heteroatoms. The first-order valence-corrected chi connectivity index (χ1v) is 13.3. The highest BCUT2D eigenvalue weighted by Crippen LogP contribution is 2.25. The number of anilines is 1. The third-order valence-electron chi connectivity index (χ3n) is 5.48. The largest absolute Gasteiger partial charge is 0.378 e. The number of hydrogen-bond donors (Lipinski definition) is 2. The molecule has 1 amide bonds. The van der Waals surface area contributed by atoms with E-state index in [1.54, 1.807) is 12.1 Å². The summed E-state index contributed by atoms with van der Waals surface area (Å²) in [6, 6.07) is 6.10. The van der Waals surface area contributed by atoms with Crippen LogP contribution < -0.4 is 15.4 Å². The minimum absolute atomic E-state index is 0.0368. The van der Waals surface area contributed by atoms with Crippen LogP contribution in [0.1, 0.15) is 18.4 Å². The number of ether oxygens (including phenoxy) is 2. The highest BCUT2D eigenvalue weighted by molar-refractivity contribution is 7.99. The molecule has 11 nitrogen and oxygen atoms in total. The Hall–Kier alpha value is -2.19. The molecular weight excluding hydrogens is 468 g/mol. The number of nitrogens with one attached hydrogen (secondary N) is 1. The third kappa shape index (κ3) is 6.44. The predicted molar refractivity (Wildman–Crippen MR) is 122 cm³/mol. The summed E-state index contributed by atoms with van der Waals surface area (Å²) in [5.41, 5.74) is 0.775. The first-order valence-electron chi connectivity index (χ1n) is 10.8. The molecular formula is C20H28N6O5S2. The number of rotatable bonds is 9. The van der Waals surface area contributed by atoms with Crippen LogP contribution in [0, 0.1) is 0 Å². The molecule has 0 saturated carbocycles. The van der Waals surface area contributed by atoms with Crippen molar-refractivity contribution in [2.45, 2.75) is 42.1 Å². The number of amides is 1. The molecule has 2 aliphatic rings. The van der Waals surface area contributed by atoms with Crippen LogP contribution in [0.25, 0.3) is 0 Å². The van der Waals surface area contributed by atoms with E-state index in [0.717, 1.165) is 44.0 Å². The van der Waals surface area contributed by atoms with Gasteiger partial charge in [-0.25, -0.2) is 13.6 Å². The number of sulfonamides is 1. The molecule has 1 unspecified atom stereocenters. The Morgan fingerprint density at radius 2 is 1.94 bits per heavy atom. The van der Waals surface area contributed by atoms with Crippen molar-refractivity contribution in [2.75, 3.05) is 43.6 Å². The normalized spacial score (nSPS) is 19.1. The minimum Gasteiger partial charge on any atom is -0.378 e. The maximum Gasteiger partial charge on any atom is 0.238 e. The van der Waals surface area contributed by atoms with Crippen molar-refractivity contribution in [3.8, 4) is 0 Å². The van der Waals surface area contributed by atoms with Crippen LogP contribution in [-0.4, -0.2) is 73.9 Å². The highest BCUT2D eigenvalue weighted by atomic mass is 32.2. The van der Waals surface area contributed by atoms with Gasteiger partial charge in [0.1, 0.15) is 0 Å². The number of nitrogens with zero attached hydrogens (tertiary/aromatic N) is 4. The Labute approximate surface area is 197 Å². The minimum atomic E-state index is -3.73. The van der Waals surface area contributed by atoms with Gasteiger partial charge >= 0.3 is 0 Å². The Balaban J connectivity index is 1.35. The number of primary sulfonamides is 1. The van der Waals surface area contributed by atoms with Gasteiger partial charge in [-0.2, -0.15) is 0 Å². The second-order valence-electron chi connectivity index (χ2n) is 7.88. The second kappa shape index (κ2) is 10.8. The topological polar surface area (TPSA) is 142 Å². The van der Waals surface area contributed by atoms with E-state index in [-0.39, 0.29) is 29.2 Å². The first kappa shape index (κ1) is 24.0. The molecule has 1 atom stereocenters. The van der Waals surface area contributed by atoms with Crippen molar-refractivity contribution < 1.29 is 22.7 Å². The highest BCUT2D eigenvalue weighted by Gasteiger charge is 2.25. The molecule has 2 fully saturated rings. The fraction of sp³-hybridized carbons (Fsp3) is 0.550. The molecule has 3 heterocycles. The van der Waals surface area contributed by atoms with Crippen LogP contribution in [0.5, 0.6) is 0 Å². The van der Waals surface area contributed by atoms with E-state index in [1.165, 1.54) is 23.9 Å². The van der Waals surface area contributed by atoms with Gasteiger partial charge in [0.15, 0.2) is 5.16 Å². The van der Waals surface area contributed by atoms with E-state index in [2.05, 4.69) is 20.4 Å². The number of morpholine rings is 1. The van der Waals surface area contributed by atoms with Gasteiger partial charge in [-0.3, -0.25) is 9.36 Å². The Morgan fingerprint density at radius 3 is 2.61 bits per heavy atom. The zero-order valence-electron chi connectivity index (χ0n) is 18.2. The van der Waals surface area contributed by atoms with E-state index in [4.69, 9.17) is 14.6 Å². The van der Waals surface area contributed by atoms with E-state index < -0.39 is 10.0 Å². The Kier molecular flexibility index (Phi) is 7.86. The number of carbonyl (C=O) groups is 1. The molecule has 0 bridgehead atoms. The number of aromatic nitrogens is 3. The lowest BCUT2D eigenvalue weighted by molar-refractivity contribution is -0.118. The maximum absolute atomic E-state index is 12.4. The van der Waals surface area contributed by atoms with Gasteiger partial charge in [0.2, 0.25) is 21.9 Å². The number of thioether (sulfide) groups is 1. The monoisotopic (exact) mass is 496 g/mol. The summed E-state index contributed by atoms with van der Waals surface area (Å²) in [4.78, 5) is 14.6. The standard InChI is InChI=1S/C20H28N6O5S2/c21-33(28,29)17-5-3-15(4-6-17)12-22-18(27)14-32-20-24-23-19(25-7-10-30-11-8-25)26(20)13-16-2-1-9-31-16/h3-6,16H,1-2,7-14H2,(H,22,27)(H2,21,28,29). The SMILES string of the molecule is NS(=O)(=O)c1ccc(CNC(=O)CSc2nnc(N3CCOCC3)n2CC2CCCO2)cc1. The van der Waals surface area contributed by atoms with Gasteiger partial charge in [-0.1, -0.05) is 23.9 Å². The van der Waals surface area contributed by atoms with Crippen LogP contribution in [-0.2, 0) is 37.4 Å². The summed E-state index contributed by atoms with van der Waals surface area (Å²) in [5, 5.41) is 17.4. The zero-order valence-corrected chi connectivity index (χ0v) is 19.8. The number of hydrogen-bond acceptors (Lipinski definition) is 9. The Morgan fingerprint density at radius 1 is 1.18 bits per heavy atom. The quantitative estimate of drug-likeness (QED) is 0.470. The summed E-state index contributed by atoms with van der Waals surface area (Å²) in [6.07, 6.45) is 2.16. The lowest BCUT2D eigenvalue weighted by Crippen LogP contribution is -2.38. The van der Waals surface area contributed by atoms with E-state index in [1.807, 2.05) is 4.57 Å². The van der Waals surface area contributed by atoms with Gasteiger partial charge in [-0.15, -0.1) is 10.2 Å². The maximum atomic E-state index is 12.4. The number of nitrogens with two attached hydrogens (primary N) is 1. The average molecular weight is 497 g/mol.